The molecule has 1 aromatic carbocycles. The first-order valence-electron chi connectivity index (χ1n) is 6.31. The van der Waals surface area contributed by atoms with Crippen LogP contribution >= 0.6 is 12.6 Å². The van der Waals surface area contributed by atoms with E-state index in [2.05, 4.69) is 17.4 Å². The van der Waals surface area contributed by atoms with Crippen molar-refractivity contribution in [1.82, 2.24) is 0 Å². The van der Waals surface area contributed by atoms with Crippen molar-refractivity contribution in [3.8, 4) is 0 Å². The third kappa shape index (κ3) is 3.54. The molecule has 0 aromatic heterocycles. The third-order valence-corrected chi connectivity index (χ3v) is 3.84. The maximum Gasteiger partial charge on any atom is 0.315 e. The summed E-state index contributed by atoms with van der Waals surface area (Å²) in [5.41, 5.74) is 0.913. The van der Waals surface area contributed by atoms with Crippen LogP contribution in [0.15, 0.2) is 23.1 Å². The van der Waals surface area contributed by atoms with E-state index in [1.54, 1.807) is 13.8 Å². The lowest BCUT2D eigenvalue weighted by Crippen LogP contribution is -2.30. The van der Waals surface area contributed by atoms with Crippen LogP contribution in [0.25, 0.3) is 0 Å². The van der Waals surface area contributed by atoms with Crippen LogP contribution in [-0.4, -0.2) is 26.2 Å². The van der Waals surface area contributed by atoms with Crippen LogP contribution in [0.5, 0.6) is 0 Å². The Morgan fingerprint density at radius 1 is 1.20 bits per heavy atom. The lowest BCUT2D eigenvalue weighted by molar-refractivity contribution is -0.146. The monoisotopic (exact) mass is 296 g/mol. The van der Waals surface area contributed by atoms with Crippen LogP contribution in [0.3, 0.4) is 0 Å². The molecule has 4 nitrogen and oxygen atoms in total. The smallest absolute Gasteiger partial charge is 0.315 e. The van der Waals surface area contributed by atoms with E-state index in [0.717, 1.165) is 11.1 Å². The van der Waals surface area contributed by atoms with Gasteiger partial charge in [-0.1, -0.05) is 18.2 Å². The number of esters is 2. The summed E-state index contributed by atoms with van der Waals surface area (Å²) in [6.45, 7) is 3.58. The van der Waals surface area contributed by atoms with Gasteiger partial charge in [-0.15, -0.1) is 12.6 Å². The first kappa shape index (κ1) is 16.6. The standard InChI is InChI=1S/C15H20O4S/c1-15(2,14(17)19-4)11-7-5-6-10(13(11)20)8-9-12(16)18-3/h5-7,20H,8-9H2,1-4H3. The number of rotatable bonds is 5. The molecule has 0 spiro atoms. The molecule has 0 saturated carbocycles. The number of aryl methyl sites for hydroxylation is 1. The molecule has 1 rings (SSSR count). The van der Waals surface area contributed by atoms with Gasteiger partial charge in [0.1, 0.15) is 0 Å². The van der Waals surface area contributed by atoms with Gasteiger partial charge in [0.05, 0.1) is 19.6 Å². The van der Waals surface area contributed by atoms with Crippen LogP contribution in [0, 0.1) is 0 Å². The van der Waals surface area contributed by atoms with Crippen molar-refractivity contribution in [3.05, 3.63) is 29.3 Å². The first-order valence-corrected chi connectivity index (χ1v) is 6.75. The summed E-state index contributed by atoms with van der Waals surface area (Å²) >= 11 is 4.51. The van der Waals surface area contributed by atoms with E-state index in [9.17, 15) is 9.59 Å². The molecule has 5 heteroatoms. The molecule has 1 aromatic rings. The van der Waals surface area contributed by atoms with Crippen molar-refractivity contribution in [2.24, 2.45) is 0 Å². The summed E-state index contributed by atoms with van der Waals surface area (Å²) in [5, 5.41) is 0. The SMILES string of the molecule is COC(=O)CCc1cccc(C(C)(C)C(=O)OC)c1S. The van der Waals surface area contributed by atoms with Crippen molar-refractivity contribution in [1.29, 1.82) is 0 Å². The molecule has 20 heavy (non-hydrogen) atoms. The van der Waals surface area contributed by atoms with E-state index in [0.29, 0.717) is 11.3 Å². The van der Waals surface area contributed by atoms with Crippen LogP contribution < -0.4 is 0 Å². The van der Waals surface area contributed by atoms with E-state index in [1.807, 2.05) is 18.2 Å². The summed E-state index contributed by atoms with van der Waals surface area (Å²) in [6, 6.07) is 5.59. The quantitative estimate of drug-likeness (QED) is 0.670. The normalized spacial score (nSPS) is 11.1. The molecule has 110 valence electrons. The number of benzene rings is 1. The summed E-state index contributed by atoms with van der Waals surface area (Å²) in [7, 11) is 2.73. The van der Waals surface area contributed by atoms with E-state index in [1.165, 1.54) is 14.2 Å². The van der Waals surface area contributed by atoms with Gasteiger partial charge in [-0.2, -0.15) is 0 Å². The van der Waals surface area contributed by atoms with Gasteiger partial charge in [0.15, 0.2) is 0 Å². The second kappa shape index (κ2) is 6.79. The Morgan fingerprint density at radius 3 is 2.40 bits per heavy atom. The van der Waals surface area contributed by atoms with Gasteiger partial charge in [0.2, 0.25) is 0 Å². The number of carbonyl (C=O) groups excluding carboxylic acids is 2. The largest absolute Gasteiger partial charge is 0.469 e. The summed E-state index contributed by atoms with van der Waals surface area (Å²) in [6.07, 6.45) is 0.808. The minimum atomic E-state index is -0.785. The molecular weight excluding hydrogens is 276 g/mol. The van der Waals surface area contributed by atoms with Gasteiger partial charge in [-0.3, -0.25) is 9.59 Å². The first-order chi connectivity index (χ1) is 9.34. The average molecular weight is 296 g/mol. The van der Waals surface area contributed by atoms with Crippen molar-refractivity contribution in [2.45, 2.75) is 37.0 Å². The van der Waals surface area contributed by atoms with Gasteiger partial charge < -0.3 is 9.47 Å². The molecule has 0 fully saturated rings. The van der Waals surface area contributed by atoms with Crippen molar-refractivity contribution >= 4 is 24.6 Å². The Morgan fingerprint density at radius 2 is 1.85 bits per heavy atom. The topological polar surface area (TPSA) is 52.6 Å². The predicted octanol–water partition coefficient (Wildman–Crippen LogP) is 2.53. The van der Waals surface area contributed by atoms with Crippen LogP contribution in [0.1, 0.15) is 31.4 Å². The van der Waals surface area contributed by atoms with Crippen molar-refractivity contribution in [3.63, 3.8) is 0 Å². The number of carbonyl (C=O) groups is 2. The van der Waals surface area contributed by atoms with E-state index in [4.69, 9.17) is 4.74 Å². The number of thiol groups is 1. The number of hydrogen-bond acceptors (Lipinski definition) is 5. The van der Waals surface area contributed by atoms with E-state index in [-0.39, 0.29) is 18.4 Å². The highest BCUT2D eigenvalue weighted by Crippen LogP contribution is 2.32. The summed E-state index contributed by atoms with van der Waals surface area (Å²) in [4.78, 5) is 23.8. The van der Waals surface area contributed by atoms with Crippen molar-refractivity contribution < 1.29 is 19.1 Å². The highest BCUT2D eigenvalue weighted by molar-refractivity contribution is 7.80. The van der Waals surface area contributed by atoms with Crippen LogP contribution in [0.2, 0.25) is 0 Å². The van der Waals surface area contributed by atoms with Crippen LogP contribution in [-0.2, 0) is 30.9 Å². The molecule has 0 aliphatic carbocycles. The zero-order chi connectivity index (χ0) is 15.3. The molecular formula is C15H20O4S. The molecule has 0 heterocycles. The third-order valence-electron chi connectivity index (χ3n) is 3.31. The summed E-state index contributed by atoms with van der Waals surface area (Å²) < 4.78 is 9.46. The molecule has 0 atom stereocenters. The Hall–Kier alpha value is -1.49. The second-order valence-electron chi connectivity index (χ2n) is 5.01. The molecule has 0 aliphatic heterocycles. The van der Waals surface area contributed by atoms with Crippen molar-refractivity contribution in [2.75, 3.05) is 14.2 Å². The van der Waals surface area contributed by atoms with E-state index >= 15 is 0 Å². The zero-order valence-corrected chi connectivity index (χ0v) is 13.1. The average Bonchev–Trinajstić information content (AvgIpc) is 2.44. The number of ether oxygens (including phenoxy) is 2. The fourth-order valence-corrected chi connectivity index (χ4v) is 2.54. The molecule has 0 N–H and O–H groups in total. The lowest BCUT2D eigenvalue weighted by Gasteiger charge is -2.24. The van der Waals surface area contributed by atoms with Crippen LogP contribution in [0.4, 0.5) is 0 Å². The number of hydrogen-bond donors (Lipinski definition) is 1. The maximum absolute atomic E-state index is 11.9. The van der Waals surface area contributed by atoms with Gasteiger partial charge in [-0.25, -0.2) is 0 Å². The fourth-order valence-electron chi connectivity index (χ4n) is 2.00. The zero-order valence-electron chi connectivity index (χ0n) is 12.2. The lowest BCUT2D eigenvalue weighted by atomic mass is 9.83. The van der Waals surface area contributed by atoms with Gasteiger partial charge in [-0.05, 0) is 31.4 Å². The van der Waals surface area contributed by atoms with Gasteiger partial charge in [0.25, 0.3) is 0 Å². The Labute approximate surface area is 124 Å². The Kier molecular flexibility index (Phi) is 5.62. The fraction of sp³-hybridized carbons (Fsp3) is 0.467. The maximum atomic E-state index is 11.9. The Balaban J connectivity index is 3.06. The van der Waals surface area contributed by atoms with Gasteiger partial charge in [0, 0.05) is 11.3 Å². The highest BCUT2D eigenvalue weighted by Gasteiger charge is 2.33. The molecule has 0 saturated heterocycles. The molecule has 0 unspecified atom stereocenters. The Bertz CT molecular complexity index is 509. The molecule has 0 amide bonds. The predicted molar refractivity (Wildman–Crippen MR) is 79.1 cm³/mol. The van der Waals surface area contributed by atoms with E-state index < -0.39 is 5.41 Å². The molecule has 0 radical (unpaired) electrons. The van der Waals surface area contributed by atoms with Gasteiger partial charge >= 0.3 is 11.9 Å². The molecule has 0 bridgehead atoms. The second-order valence-corrected chi connectivity index (χ2v) is 5.45. The molecule has 0 aliphatic rings. The minimum Gasteiger partial charge on any atom is -0.469 e. The highest BCUT2D eigenvalue weighted by atomic mass is 32.1. The summed E-state index contributed by atoms with van der Waals surface area (Å²) in [5.74, 6) is -0.590. The minimum absolute atomic E-state index is 0.268. The number of methoxy groups -OCH3 is 2.